The summed E-state index contributed by atoms with van der Waals surface area (Å²) in [6, 6.07) is 8.32. The van der Waals surface area contributed by atoms with Crippen LogP contribution in [-0.4, -0.2) is 35.0 Å². The molecular weight excluding hydrogens is 266 g/mol. The molecule has 1 aliphatic heterocycles. The van der Waals surface area contributed by atoms with Crippen LogP contribution in [0.25, 0.3) is 0 Å². The van der Waals surface area contributed by atoms with E-state index in [2.05, 4.69) is 12.1 Å². The first kappa shape index (κ1) is 14.1. The molecule has 4 nitrogen and oxygen atoms in total. The van der Waals surface area contributed by atoms with Gasteiger partial charge in [-0.2, -0.15) is 0 Å². The van der Waals surface area contributed by atoms with Crippen LogP contribution in [-0.2, 0) is 22.4 Å². The molecule has 3 rings (SSSR count). The lowest BCUT2D eigenvalue weighted by molar-refractivity contribution is -0.149. The number of carboxylic acids is 1. The van der Waals surface area contributed by atoms with E-state index >= 15 is 0 Å². The monoisotopic (exact) mass is 287 g/mol. The molecule has 1 amide bonds. The van der Waals surface area contributed by atoms with E-state index < -0.39 is 11.9 Å². The lowest BCUT2D eigenvalue weighted by Crippen LogP contribution is -2.40. The minimum Gasteiger partial charge on any atom is -0.481 e. The molecule has 1 fully saturated rings. The van der Waals surface area contributed by atoms with E-state index in [1.807, 2.05) is 17.0 Å². The molecule has 1 aromatic rings. The van der Waals surface area contributed by atoms with Crippen molar-refractivity contribution < 1.29 is 14.7 Å². The number of rotatable bonds is 2. The van der Waals surface area contributed by atoms with Gasteiger partial charge >= 0.3 is 5.97 Å². The zero-order chi connectivity index (χ0) is 14.8. The van der Waals surface area contributed by atoms with Crippen LogP contribution in [0.15, 0.2) is 24.3 Å². The van der Waals surface area contributed by atoms with Gasteiger partial charge in [0.05, 0.1) is 11.8 Å². The lowest BCUT2D eigenvalue weighted by atomic mass is 9.94. The Morgan fingerprint density at radius 1 is 1.00 bits per heavy atom. The van der Waals surface area contributed by atoms with Gasteiger partial charge < -0.3 is 10.0 Å². The summed E-state index contributed by atoms with van der Waals surface area (Å²) in [7, 11) is 0. The van der Waals surface area contributed by atoms with Crippen LogP contribution in [0.5, 0.6) is 0 Å². The summed E-state index contributed by atoms with van der Waals surface area (Å²) < 4.78 is 0. The molecule has 0 radical (unpaired) electrons. The summed E-state index contributed by atoms with van der Waals surface area (Å²) in [5.41, 5.74) is 2.63. The summed E-state index contributed by atoms with van der Waals surface area (Å²) in [5.74, 6) is -1.57. The lowest BCUT2D eigenvalue weighted by Gasteiger charge is -2.25. The third kappa shape index (κ3) is 2.80. The van der Waals surface area contributed by atoms with Gasteiger partial charge in [0.25, 0.3) is 0 Å². The molecule has 112 valence electrons. The molecule has 2 unspecified atom stereocenters. The molecule has 4 heteroatoms. The largest absolute Gasteiger partial charge is 0.481 e. The van der Waals surface area contributed by atoms with E-state index in [1.54, 1.807) is 0 Å². The number of benzene rings is 1. The van der Waals surface area contributed by atoms with Crippen LogP contribution in [0, 0.1) is 11.8 Å². The second-order valence-corrected chi connectivity index (χ2v) is 6.08. The first-order chi connectivity index (χ1) is 10.2. The summed E-state index contributed by atoms with van der Waals surface area (Å²) in [6.45, 7) is 1.41. The van der Waals surface area contributed by atoms with E-state index in [-0.39, 0.29) is 11.8 Å². The fourth-order valence-corrected chi connectivity index (χ4v) is 3.67. The molecule has 0 aromatic heterocycles. The molecule has 1 saturated carbocycles. The quantitative estimate of drug-likeness (QED) is 0.906. The van der Waals surface area contributed by atoms with Gasteiger partial charge in [-0.25, -0.2) is 0 Å². The topological polar surface area (TPSA) is 57.6 Å². The standard InChI is InChI=1S/C17H21NO3/c19-16(14-6-3-7-15(14)17(20)21)18-10-8-12-4-1-2-5-13(12)9-11-18/h1-2,4-5,14-15H,3,6-11H2,(H,20,21). The second kappa shape index (κ2) is 5.88. The van der Waals surface area contributed by atoms with Crippen molar-refractivity contribution in [2.75, 3.05) is 13.1 Å². The molecule has 2 atom stereocenters. The molecule has 1 aromatic carbocycles. The Morgan fingerprint density at radius 2 is 1.57 bits per heavy atom. The highest BCUT2D eigenvalue weighted by Gasteiger charge is 2.39. The van der Waals surface area contributed by atoms with Crippen LogP contribution >= 0.6 is 0 Å². The second-order valence-electron chi connectivity index (χ2n) is 6.08. The molecule has 0 spiro atoms. The third-order valence-corrected chi connectivity index (χ3v) is 4.88. The summed E-state index contributed by atoms with van der Waals surface area (Å²) >= 11 is 0. The van der Waals surface area contributed by atoms with Gasteiger partial charge in [-0.15, -0.1) is 0 Å². The van der Waals surface area contributed by atoms with Gasteiger partial charge in [-0.3, -0.25) is 9.59 Å². The van der Waals surface area contributed by atoms with Crippen LogP contribution in [0.1, 0.15) is 30.4 Å². The van der Waals surface area contributed by atoms with E-state index in [0.29, 0.717) is 19.5 Å². The molecule has 0 saturated heterocycles. The minimum absolute atomic E-state index is 0.0488. The Labute approximate surface area is 124 Å². The average molecular weight is 287 g/mol. The Balaban J connectivity index is 1.71. The van der Waals surface area contributed by atoms with Crippen LogP contribution in [0.3, 0.4) is 0 Å². The summed E-state index contributed by atoms with van der Waals surface area (Å²) in [6.07, 6.45) is 3.94. The predicted octanol–water partition coefficient (Wildman–Crippen LogP) is 2.11. The molecule has 0 bridgehead atoms. The molecule has 1 aliphatic carbocycles. The number of amides is 1. The Kier molecular flexibility index (Phi) is 3.95. The number of carbonyl (C=O) groups is 2. The average Bonchev–Trinajstić information content (AvgIpc) is 2.88. The Morgan fingerprint density at radius 3 is 2.14 bits per heavy atom. The van der Waals surface area contributed by atoms with Crippen molar-refractivity contribution in [3.8, 4) is 0 Å². The smallest absolute Gasteiger partial charge is 0.307 e. The van der Waals surface area contributed by atoms with E-state index in [4.69, 9.17) is 0 Å². The number of nitrogens with zero attached hydrogens (tertiary/aromatic N) is 1. The Bertz CT molecular complexity index is 528. The SMILES string of the molecule is O=C(O)C1CCCC1C(=O)N1CCc2ccccc2CC1. The maximum absolute atomic E-state index is 12.7. The van der Waals surface area contributed by atoms with E-state index in [9.17, 15) is 14.7 Å². The fourth-order valence-electron chi connectivity index (χ4n) is 3.67. The summed E-state index contributed by atoms with van der Waals surface area (Å²) in [5, 5.41) is 9.26. The highest BCUT2D eigenvalue weighted by Crippen LogP contribution is 2.33. The van der Waals surface area contributed by atoms with Crippen LogP contribution in [0.4, 0.5) is 0 Å². The number of carboxylic acid groups (broad SMARTS) is 1. The number of hydrogen-bond acceptors (Lipinski definition) is 2. The van der Waals surface area contributed by atoms with Gasteiger partial charge in [0.2, 0.25) is 5.91 Å². The van der Waals surface area contributed by atoms with Crippen molar-refractivity contribution in [3.63, 3.8) is 0 Å². The number of fused-ring (bicyclic) bond motifs is 1. The maximum atomic E-state index is 12.7. The predicted molar refractivity (Wildman–Crippen MR) is 78.9 cm³/mol. The van der Waals surface area contributed by atoms with Crippen molar-refractivity contribution >= 4 is 11.9 Å². The summed E-state index contributed by atoms with van der Waals surface area (Å²) in [4.78, 5) is 25.8. The first-order valence-corrected chi connectivity index (χ1v) is 7.75. The highest BCUT2D eigenvalue weighted by molar-refractivity contribution is 5.85. The molecule has 1 N–H and O–H groups in total. The maximum Gasteiger partial charge on any atom is 0.307 e. The zero-order valence-corrected chi connectivity index (χ0v) is 12.1. The minimum atomic E-state index is -0.816. The van der Waals surface area contributed by atoms with Crippen molar-refractivity contribution in [1.82, 2.24) is 4.90 Å². The van der Waals surface area contributed by atoms with Gasteiger partial charge in [0.15, 0.2) is 0 Å². The Hall–Kier alpha value is -1.84. The van der Waals surface area contributed by atoms with Gasteiger partial charge in [-0.1, -0.05) is 30.7 Å². The van der Waals surface area contributed by atoms with Crippen LogP contribution < -0.4 is 0 Å². The molecule has 2 aliphatic rings. The van der Waals surface area contributed by atoms with Crippen molar-refractivity contribution in [3.05, 3.63) is 35.4 Å². The van der Waals surface area contributed by atoms with Crippen molar-refractivity contribution in [2.45, 2.75) is 32.1 Å². The number of hydrogen-bond donors (Lipinski definition) is 1. The van der Waals surface area contributed by atoms with Gasteiger partial charge in [0, 0.05) is 13.1 Å². The van der Waals surface area contributed by atoms with Crippen molar-refractivity contribution in [2.24, 2.45) is 11.8 Å². The van der Waals surface area contributed by atoms with E-state index in [1.165, 1.54) is 11.1 Å². The zero-order valence-electron chi connectivity index (χ0n) is 12.1. The molecular formula is C17H21NO3. The fraction of sp³-hybridized carbons (Fsp3) is 0.529. The highest BCUT2D eigenvalue weighted by atomic mass is 16.4. The van der Waals surface area contributed by atoms with E-state index in [0.717, 1.165) is 25.7 Å². The van der Waals surface area contributed by atoms with Gasteiger partial charge in [0.1, 0.15) is 0 Å². The molecule has 21 heavy (non-hydrogen) atoms. The number of carbonyl (C=O) groups excluding carboxylic acids is 1. The van der Waals surface area contributed by atoms with Crippen molar-refractivity contribution in [1.29, 1.82) is 0 Å². The van der Waals surface area contributed by atoms with Crippen LogP contribution in [0.2, 0.25) is 0 Å². The normalized spacial score (nSPS) is 25.2. The van der Waals surface area contributed by atoms with Gasteiger partial charge in [-0.05, 0) is 36.8 Å². The third-order valence-electron chi connectivity index (χ3n) is 4.88. The molecule has 1 heterocycles. The number of aliphatic carboxylic acids is 1. The first-order valence-electron chi connectivity index (χ1n) is 7.75.